The molecule has 0 radical (unpaired) electrons. The topological polar surface area (TPSA) is 61.9 Å². The van der Waals surface area contributed by atoms with E-state index >= 15 is 0 Å². The van der Waals surface area contributed by atoms with E-state index in [1.165, 1.54) is 0 Å². The number of halogens is 1. The van der Waals surface area contributed by atoms with Gasteiger partial charge in [0.05, 0.1) is 0 Å². The molecule has 0 aliphatic carbocycles. The van der Waals surface area contributed by atoms with Crippen molar-refractivity contribution in [2.45, 2.75) is 31.4 Å². The minimum absolute atomic E-state index is 0.0868. The smallest absolute Gasteiger partial charge is 0.410 e. The first-order valence-electron chi connectivity index (χ1n) is 8.63. The first-order chi connectivity index (χ1) is 12.0. The Bertz CT molecular complexity index is 654. The summed E-state index contributed by atoms with van der Waals surface area (Å²) >= 11 is 6.11. The monoisotopic (exact) mass is 365 g/mol. The number of carbonyl (C=O) groups is 2. The summed E-state index contributed by atoms with van der Waals surface area (Å²) in [7, 11) is 2.07. The van der Waals surface area contributed by atoms with Crippen molar-refractivity contribution < 1.29 is 14.3 Å². The highest BCUT2D eigenvalue weighted by Crippen LogP contribution is 2.30. The quantitative estimate of drug-likeness (QED) is 0.873. The number of ether oxygens (including phenoxy) is 1. The van der Waals surface area contributed by atoms with Crippen molar-refractivity contribution in [3.05, 3.63) is 34.9 Å². The molecule has 1 atom stereocenters. The van der Waals surface area contributed by atoms with Gasteiger partial charge in [-0.1, -0.05) is 29.8 Å². The summed E-state index contributed by atoms with van der Waals surface area (Å²) in [6, 6.07) is 7.35. The normalized spacial score (nSPS) is 24.7. The van der Waals surface area contributed by atoms with Gasteiger partial charge in [0.1, 0.15) is 6.61 Å². The van der Waals surface area contributed by atoms with Crippen LogP contribution in [0.15, 0.2) is 24.3 Å². The van der Waals surface area contributed by atoms with Crippen LogP contribution in [0.3, 0.4) is 0 Å². The maximum Gasteiger partial charge on any atom is 0.410 e. The van der Waals surface area contributed by atoms with E-state index in [9.17, 15) is 9.59 Å². The third-order valence-electron chi connectivity index (χ3n) is 5.30. The molecule has 6 nitrogen and oxygen atoms in total. The van der Waals surface area contributed by atoms with E-state index in [1.807, 2.05) is 18.2 Å². The van der Waals surface area contributed by atoms with Crippen molar-refractivity contribution in [1.82, 2.24) is 15.1 Å². The van der Waals surface area contributed by atoms with E-state index < -0.39 is 0 Å². The maximum absolute atomic E-state index is 12.5. The molecule has 0 saturated carbocycles. The molecule has 1 aromatic carbocycles. The molecule has 7 heteroatoms. The Hall–Kier alpha value is -1.79. The Morgan fingerprint density at radius 2 is 2.12 bits per heavy atom. The lowest BCUT2D eigenvalue weighted by atomic mass is 9.86. The van der Waals surface area contributed by atoms with E-state index in [0.29, 0.717) is 31.1 Å². The molecule has 1 spiro atoms. The fraction of sp³-hybridized carbons (Fsp3) is 0.556. The van der Waals surface area contributed by atoms with Crippen molar-refractivity contribution in [2.24, 2.45) is 0 Å². The van der Waals surface area contributed by atoms with Gasteiger partial charge in [-0.05, 0) is 26.0 Å². The molecule has 136 valence electrons. The fourth-order valence-electron chi connectivity index (χ4n) is 3.60. The Labute approximate surface area is 153 Å². The highest BCUT2D eigenvalue weighted by Gasteiger charge is 2.42. The summed E-state index contributed by atoms with van der Waals surface area (Å²) in [5.74, 6) is 0.0868. The molecule has 25 heavy (non-hydrogen) atoms. The second-order valence-corrected chi connectivity index (χ2v) is 7.22. The second kappa shape index (κ2) is 7.62. The average molecular weight is 366 g/mol. The number of nitrogens with zero attached hydrogens (tertiary/aromatic N) is 2. The lowest BCUT2D eigenvalue weighted by molar-refractivity contribution is -0.121. The highest BCUT2D eigenvalue weighted by atomic mass is 35.5. The van der Waals surface area contributed by atoms with Crippen molar-refractivity contribution in [1.29, 1.82) is 0 Å². The largest absolute Gasteiger partial charge is 0.444 e. The number of carbonyl (C=O) groups excluding carboxylic acids is 2. The number of benzene rings is 1. The van der Waals surface area contributed by atoms with Gasteiger partial charge in [0, 0.05) is 48.7 Å². The Kier molecular flexibility index (Phi) is 5.49. The van der Waals surface area contributed by atoms with Crippen LogP contribution in [0.2, 0.25) is 5.02 Å². The van der Waals surface area contributed by atoms with E-state index in [4.69, 9.17) is 16.3 Å². The second-order valence-electron chi connectivity index (χ2n) is 6.81. The molecule has 2 heterocycles. The van der Waals surface area contributed by atoms with Crippen LogP contribution in [0.4, 0.5) is 4.79 Å². The number of rotatable bonds is 2. The minimum atomic E-state index is -0.323. The van der Waals surface area contributed by atoms with Gasteiger partial charge < -0.3 is 15.0 Å². The number of likely N-dealkylation sites (N-methyl/N-ethyl adjacent to an activating group) is 1. The molecule has 2 aliphatic rings. The summed E-state index contributed by atoms with van der Waals surface area (Å²) in [5, 5.41) is 3.51. The molecule has 0 aromatic heterocycles. The van der Waals surface area contributed by atoms with Gasteiger partial charge in [-0.15, -0.1) is 0 Å². The molecule has 1 aromatic rings. The number of nitrogens with one attached hydrogen (secondary N) is 1. The molecule has 1 N–H and O–H groups in total. The van der Waals surface area contributed by atoms with Gasteiger partial charge in [0.2, 0.25) is 5.91 Å². The predicted octanol–water partition coefficient (Wildman–Crippen LogP) is 2.26. The molecule has 2 saturated heterocycles. The Balaban J connectivity index is 1.63. The first kappa shape index (κ1) is 18.0. The van der Waals surface area contributed by atoms with E-state index in [-0.39, 0.29) is 24.1 Å². The van der Waals surface area contributed by atoms with E-state index in [0.717, 1.165) is 24.9 Å². The summed E-state index contributed by atoms with van der Waals surface area (Å²) in [5.41, 5.74) is 0.631. The first-order valence-corrected chi connectivity index (χ1v) is 9.01. The SMILES string of the molecule is CN1CCN(C(=O)OCc2ccccc2Cl)CC12CCNC(=O)CC2. The Morgan fingerprint density at radius 3 is 2.92 bits per heavy atom. The molecule has 3 rings (SSSR count). The van der Waals surface area contributed by atoms with Gasteiger partial charge >= 0.3 is 6.09 Å². The van der Waals surface area contributed by atoms with E-state index in [1.54, 1.807) is 11.0 Å². The molecular formula is C18H24ClN3O3. The zero-order valence-electron chi connectivity index (χ0n) is 14.5. The standard InChI is InChI=1S/C18H24ClN3O3/c1-21-10-11-22(13-18(21)7-6-16(23)20-9-8-18)17(24)25-12-14-4-2-3-5-15(14)19/h2-5H,6-13H2,1H3,(H,20,23). The highest BCUT2D eigenvalue weighted by molar-refractivity contribution is 6.31. The number of hydrogen-bond acceptors (Lipinski definition) is 4. The fourth-order valence-corrected chi connectivity index (χ4v) is 3.79. The molecular weight excluding hydrogens is 342 g/mol. The van der Waals surface area contributed by atoms with Gasteiger partial charge in [0.15, 0.2) is 0 Å². The third kappa shape index (κ3) is 4.07. The molecule has 2 aliphatic heterocycles. The van der Waals surface area contributed by atoms with Crippen LogP contribution >= 0.6 is 11.6 Å². The molecule has 2 fully saturated rings. The average Bonchev–Trinajstić information content (AvgIpc) is 2.79. The molecule has 0 bridgehead atoms. The lowest BCUT2D eigenvalue weighted by Gasteiger charge is -2.48. The van der Waals surface area contributed by atoms with Gasteiger partial charge in [0.25, 0.3) is 0 Å². The van der Waals surface area contributed by atoms with Crippen molar-refractivity contribution >= 4 is 23.6 Å². The summed E-state index contributed by atoms with van der Waals surface area (Å²) in [4.78, 5) is 28.2. The molecule has 1 unspecified atom stereocenters. The summed E-state index contributed by atoms with van der Waals surface area (Å²) in [6.45, 7) is 2.79. The van der Waals surface area contributed by atoms with Gasteiger partial charge in [-0.25, -0.2) is 4.79 Å². The van der Waals surface area contributed by atoms with Crippen LogP contribution in [0.1, 0.15) is 24.8 Å². The van der Waals surface area contributed by atoms with Gasteiger partial charge in [-0.2, -0.15) is 0 Å². The zero-order valence-corrected chi connectivity index (χ0v) is 15.2. The summed E-state index contributed by atoms with van der Waals surface area (Å²) in [6.07, 6.45) is 1.76. The maximum atomic E-state index is 12.5. The van der Waals surface area contributed by atoms with Gasteiger partial charge in [-0.3, -0.25) is 9.69 Å². The van der Waals surface area contributed by atoms with Crippen LogP contribution in [0, 0.1) is 0 Å². The molecule has 2 amide bonds. The van der Waals surface area contributed by atoms with Crippen molar-refractivity contribution in [2.75, 3.05) is 33.2 Å². The number of hydrogen-bond donors (Lipinski definition) is 1. The van der Waals surface area contributed by atoms with E-state index in [2.05, 4.69) is 17.3 Å². The van der Waals surface area contributed by atoms with Crippen molar-refractivity contribution in [3.8, 4) is 0 Å². The third-order valence-corrected chi connectivity index (χ3v) is 5.67. The van der Waals surface area contributed by atoms with Crippen LogP contribution in [-0.2, 0) is 16.1 Å². The van der Waals surface area contributed by atoms with Crippen LogP contribution < -0.4 is 5.32 Å². The van der Waals surface area contributed by atoms with Crippen LogP contribution in [0.5, 0.6) is 0 Å². The van der Waals surface area contributed by atoms with Crippen LogP contribution in [0.25, 0.3) is 0 Å². The Morgan fingerprint density at radius 1 is 1.32 bits per heavy atom. The van der Waals surface area contributed by atoms with Crippen LogP contribution in [-0.4, -0.2) is 60.6 Å². The lowest BCUT2D eigenvalue weighted by Crippen LogP contribution is -2.62. The van der Waals surface area contributed by atoms with Crippen molar-refractivity contribution in [3.63, 3.8) is 0 Å². The predicted molar refractivity (Wildman–Crippen MR) is 95.4 cm³/mol. The number of amides is 2. The zero-order chi connectivity index (χ0) is 17.9. The minimum Gasteiger partial charge on any atom is -0.444 e. The number of piperazine rings is 1. The summed E-state index contributed by atoms with van der Waals surface area (Å²) < 4.78 is 5.47.